The largest absolute Gasteiger partial charge is 0.394 e. The summed E-state index contributed by atoms with van der Waals surface area (Å²) in [6.45, 7) is 1.87. The maximum Gasteiger partial charge on any atom is 0.223 e. The molecule has 18 heavy (non-hydrogen) atoms. The lowest BCUT2D eigenvalue weighted by Crippen LogP contribution is -2.42. The molecule has 1 aromatic rings. The number of carbonyl (C=O) groups is 1. The molecule has 0 spiro atoms. The van der Waals surface area contributed by atoms with Crippen LogP contribution in [0.2, 0.25) is 0 Å². The maximum absolute atomic E-state index is 11.9. The van der Waals surface area contributed by atoms with E-state index in [-0.39, 0.29) is 24.5 Å². The lowest BCUT2D eigenvalue weighted by molar-refractivity contribution is -0.124. The normalized spacial score (nSPS) is 13.9. The van der Waals surface area contributed by atoms with Gasteiger partial charge in [-0.05, 0) is 18.2 Å². The zero-order valence-electron chi connectivity index (χ0n) is 10.9. The standard InChI is InChI=1S/C14H21NO2S/c1-11(10-18-2)14(17)15-13(9-16)8-12-6-4-3-5-7-12/h3-7,11,13,16H,8-10H2,1-2H3,(H,15,17). The van der Waals surface area contributed by atoms with E-state index in [0.29, 0.717) is 6.42 Å². The second-order valence-electron chi connectivity index (χ2n) is 4.43. The number of nitrogens with one attached hydrogen (secondary N) is 1. The van der Waals surface area contributed by atoms with Gasteiger partial charge in [0, 0.05) is 11.7 Å². The maximum atomic E-state index is 11.9. The summed E-state index contributed by atoms with van der Waals surface area (Å²) in [7, 11) is 0. The van der Waals surface area contributed by atoms with Crippen molar-refractivity contribution in [2.24, 2.45) is 5.92 Å². The summed E-state index contributed by atoms with van der Waals surface area (Å²) >= 11 is 1.65. The van der Waals surface area contributed by atoms with Crippen molar-refractivity contribution < 1.29 is 9.90 Å². The molecule has 4 heteroatoms. The minimum Gasteiger partial charge on any atom is -0.394 e. The fourth-order valence-corrected chi connectivity index (χ4v) is 2.38. The van der Waals surface area contributed by atoms with Gasteiger partial charge in [-0.2, -0.15) is 11.8 Å². The zero-order valence-corrected chi connectivity index (χ0v) is 11.7. The van der Waals surface area contributed by atoms with Crippen LogP contribution in [0.15, 0.2) is 30.3 Å². The second kappa shape index (κ2) is 8.16. The molecule has 1 amide bonds. The third-order valence-corrected chi connectivity index (χ3v) is 3.59. The fraction of sp³-hybridized carbons (Fsp3) is 0.500. The van der Waals surface area contributed by atoms with Crippen LogP contribution >= 0.6 is 11.8 Å². The minimum atomic E-state index is -0.204. The highest BCUT2D eigenvalue weighted by Gasteiger charge is 2.16. The van der Waals surface area contributed by atoms with Crippen molar-refractivity contribution >= 4 is 17.7 Å². The summed E-state index contributed by atoms with van der Waals surface area (Å²) in [5, 5.41) is 12.2. The van der Waals surface area contributed by atoms with Gasteiger partial charge in [0.05, 0.1) is 12.6 Å². The average Bonchev–Trinajstić information content (AvgIpc) is 2.39. The SMILES string of the molecule is CSCC(C)C(=O)NC(CO)Cc1ccccc1. The molecule has 2 unspecified atom stereocenters. The van der Waals surface area contributed by atoms with E-state index >= 15 is 0 Å². The van der Waals surface area contributed by atoms with Crippen LogP contribution in [0.25, 0.3) is 0 Å². The van der Waals surface area contributed by atoms with Crippen LogP contribution < -0.4 is 5.32 Å². The first-order valence-corrected chi connectivity index (χ1v) is 7.50. The van der Waals surface area contributed by atoms with E-state index in [4.69, 9.17) is 0 Å². The van der Waals surface area contributed by atoms with Crippen LogP contribution in [-0.2, 0) is 11.2 Å². The number of hydrogen-bond donors (Lipinski definition) is 2. The fourth-order valence-electron chi connectivity index (χ4n) is 1.73. The quantitative estimate of drug-likeness (QED) is 0.790. The Morgan fingerprint density at radius 3 is 2.61 bits per heavy atom. The first kappa shape index (κ1) is 15.1. The third kappa shape index (κ3) is 5.10. The topological polar surface area (TPSA) is 49.3 Å². The van der Waals surface area contributed by atoms with Gasteiger partial charge in [0.2, 0.25) is 5.91 Å². The highest BCUT2D eigenvalue weighted by molar-refractivity contribution is 7.98. The number of carbonyl (C=O) groups excluding carboxylic acids is 1. The van der Waals surface area contributed by atoms with E-state index in [9.17, 15) is 9.90 Å². The van der Waals surface area contributed by atoms with Crippen molar-refractivity contribution in [1.29, 1.82) is 0 Å². The minimum absolute atomic E-state index is 0.0133. The Hall–Kier alpha value is -1.00. The Morgan fingerprint density at radius 1 is 1.39 bits per heavy atom. The van der Waals surface area contributed by atoms with Gasteiger partial charge in [0.15, 0.2) is 0 Å². The molecule has 0 aliphatic carbocycles. The Balaban J connectivity index is 2.49. The van der Waals surface area contributed by atoms with Crippen LogP contribution in [0.1, 0.15) is 12.5 Å². The number of benzene rings is 1. The molecule has 3 nitrogen and oxygen atoms in total. The molecule has 1 rings (SSSR count). The van der Waals surface area contributed by atoms with Crippen molar-refractivity contribution in [3.05, 3.63) is 35.9 Å². The van der Waals surface area contributed by atoms with Crippen LogP contribution in [0.5, 0.6) is 0 Å². The van der Waals surface area contributed by atoms with Gasteiger partial charge in [0.25, 0.3) is 0 Å². The molecule has 0 saturated carbocycles. The molecule has 0 saturated heterocycles. The molecule has 2 atom stereocenters. The molecule has 0 heterocycles. The van der Waals surface area contributed by atoms with Gasteiger partial charge < -0.3 is 10.4 Å². The summed E-state index contributed by atoms with van der Waals surface area (Å²) in [6, 6.07) is 9.67. The van der Waals surface area contributed by atoms with Crippen LogP contribution in [-0.4, -0.2) is 35.7 Å². The van der Waals surface area contributed by atoms with E-state index in [0.717, 1.165) is 11.3 Å². The number of thioether (sulfide) groups is 1. The predicted octanol–water partition coefficient (Wildman–Crippen LogP) is 1.71. The van der Waals surface area contributed by atoms with E-state index in [1.54, 1.807) is 11.8 Å². The van der Waals surface area contributed by atoms with Crippen LogP contribution in [0, 0.1) is 5.92 Å². The highest BCUT2D eigenvalue weighted by atomic mass is 32.2. The third-order valence-electron chi connectivity index (χ3n) is 2.76. The molecular weight excluding hydrogens is 246 g/mol. The Morgan fingerprint density at radius 2 is 2.06 bits per heavy atom. The summed E-state index contributed by atoms with van der Waals surface area (Å²) in [6.07, 6.45) is 2.65. The Kier molecular flexibility index (Phi) is 6.83. The summed E-state index contributed by atoms with van der Waals surface area (Å²) in [5.41, 5.74) is 1.12. The summed E-state index contributed by atoms with van der Waals surface area (Å²) in [4.78, 5) is 11.9. The molecule has 0 bridgehead atoms. The first-order valence-electron chi connectivity index (χ1n) is 6.11. The van der Waals surface area contributed by atoms with Gasteiger partial charge in [0.1, 0.15) is 0 Å². The molecule has 1 aromatic carbocycles. The number of aliphatic hydroxyl groups excluding tert-OH is 1. The van der Waals surface area contributed by atoms with Crippen molar-refractivity contribution in [3.8, 4) is 0 Å². The van der Waals surface area contributed by atoms with Crippen molar-refractivity contribution in [3.63, 3.8) is 0 Å². The van der Waals surface area contributed by atoms with Crippen LogP contribution in [0.4, 0.5) is 0 Å². The zero-order chi connectivity index (χ0) is 13.4. The van der Waals surface area contributed by atoms with E-state index in [1.165, 1.54) is 0 Å². The van der Waals surface area contributed by atoms with Gasteiger partial charge in [-0.3, -0.25) is 4.79 Å². The average molecular weight is 267 g/mol. The monoisotopic (exact) mass is 267 g/mol. The smallest absolute Gasteiger partial charge is 0.223 e. The first-order chi connectivity index (χ1) is 8.67. The Labute approximate surface area is 113 Å². The molecule has 0 aliphatic heterocycles. The van der Waals surface area contributed by atoms with Crippen molar-refractivity contribution in [2.75, 3.05) is 18.6 Å². The van der Waals surface area contributed by atoms with Gasteiger partial charge >= 0.3 is 0 Å². The predicted molar refractivity (Wildman–Crippen MR) is 76.7 cm³/mol. The molecular formula is C14H21NO2S. The molecule has 0 fully saturated rings. The lowest BCUT2D eigenvalue weighted by Gasteiger charge is -2.19. The van der Waals surface area contributed by atoms with Crippen LogP contribution in [0.3, 0.4) is 0 Å². The van der Waals surface area contributed by atoms with Gasteiger partial charge in [-0.25, -0.2) is 0 Å². The highest BCUT2D eigenvalue weighted by Crippen LogP contribution is 2.07. The number of aliphatic hydroxyl groups is 1. The molecule has 0 aromatic heterocycles. The van der Waals surface area contributed by atoms with E-state index < -0.39 is 0 Å². The lowest BCUT2D eigenvalue weighted by atomic mass is 10.1. The van der Waals surface area contributed by atoms with Crippen molar-refractivity contribution in [1.82, 2.24) is 5.32 Å². The molecule has 0 radical (unpaired) electrons. The molecule has 2 N–H and O–H groups in total. The Bertz CT molecular complexity index is 356. The van der Waals surface area contributed by atoms with E-state index in [2.05, 4.69) is 5.32 Å². The summed E-state index contributed by atoms with van der Waals surface area (Å²) < 4.78 is 0. The van der Waals surface area contributed by atoms with Gasteiger partial charge in [-0.1, -0.05) is 37.3 Å². The van der Waals surface area contributed by atoms with E-state index in [1.807, 2.05) is 43.5 Å². The summed E-state index contributed by atoms with van der Waals surface area (Å²) in [5.74, 6) is 0.791. The number of amides is 1. The van der Waals surface area contributed by atoms with Crippen molar-refractivity contribution in [2.45, 2.75) is 19.4 Å². The molecule has 0 aliphatic rings. The number of rotatable bonds is 7. The van der Waals surface area contributed by atoms with Gasteiger partial charge in [-0.15, -0.1) is 0 Å². The molecule has 100 valence electrons. The number of hydrogen-bond acceptors (Lipinski definition) is 3. The second-order valence-corrected chi connectivity index (χ2v) is 5.34.